The normalized spacial score (nSPS) is 17.6. The molecule has 0 aliphatic carbocycles. The minimum absolute atomic E-state index is 0.243. The number of aliphatic hydroxyl groups excluding tert-OH is 1. The van der Waals surface area contributed by atoms with E-state index in [4.69, 9.17) is 4.74 Å². The molecular weight excluding hydrogens is 304 g/mol. The number of hydrogen-bond acceptors (Lipinski definition) is 4. The van der Waals surface area contributed by atoms with Gasteiger partial charge in [0.1, 0.15) is 0 Å². The second kappa shape index (κ2) is 8.64. The average Bonchev–Trinajstić information content (AvgIpc) is 2.63. The molecule has 2 rings (SSSR count). The number of benzene rings is 1. The number of aliphatic imine (C=N–C) groups is 1. The Hall–Kier alpha value is -2.14. The van der Waals surface area contributed by atoms with Crippen LogP contribution < -0.4 is 0 Å². The van der Waals surface area contributed by atoms with E-state index in [0.717, 1.165) is 43.4 Å². The molecule has 0 spiro atoms. The monoisotopic (exact) mass is 330 g/mol. The molecule has 5 heteroatoms. The lowest BCUT2D eigenvalue weighted by molar-refractivity contribution is -0.115. The van der Waals surface area contributed by atoms with Crippen LogP contribution in [0.3, 0.4) is 0 Å². The molecule has 0 saturated heterocycles. The van der Waals surface area contributed by atoms with Gasteiger partial charge in [0, 0.05) is 25.2 Å². The fraction of sp³-hybridized carbons (Fsp3) is 0.474. The molecule has 1 aromatic rings. The van der Waals surface area contributed by atoms with E-state index in [1.54, 1.807) is 25.1 Å². The molecule has 24 heavy (non-hydrogen) atoms. The van der Waals surface area contributed by atoms with E-state index in [0.29, 0.717) is 12.4 Å². The molecule has 0 bridgehead atoms. The predicted octanol–water partition coefficient (Wildman–Crippen LogP) is 2.42. The third-order valence-electron chi connectivity index (χ3n) is 4.43. The van der Waals surface area contributed by atoms with E-state index in [2.05, 4.69) is 17.1 Å². The van der Waals surface area contributed by atoms with Gasteiger partial charge in [0.05, 0.1) is 18.9 Å². The summed E-state index contributed by atoms with van der Waals surface area (Å²) in [6.07, 6.45) is 5.64. The molecule has 1 aliphatic heterocycles. The van der Waals surface area contributed by atoms with Crippen molar-refractivity contribution in [1.82, 2.24) is 4.90 Å². The Morgan fingerprint density at radius 2 is 2.29 bits per heavy atom. The number of amides is 1. The molecule has 0 aromatic heterocycles. The van der Waals surface area contributed by atoms with Crippen molar-refractivity contribution in [3.8, 4) is 0 Å². The highest BCUT2D eigenvalue weighted by atomic mass is 16.5. The first-order valence-electron chi connectivity index (χ1n) is 8.37. The van der Waals surface area contributed by atoms with Crippen LogP contribution in [0.25, 0.3) is 5.70 Å². The number of hydrogen-bond donors (Lipinski definition) is 1. The van der Waals surface area contributed by atoms with E-state index in [-0.39, 0.29) is 6.10 Å². The van der Waals surface area contributed by atoms with Crippen molar-refractivity contribution in [2.45, 2.75) is 38.7 Å². The van der Waals surface area contributed by atoms with E-state index in [1.165, 1.54) is 11.1 Å². The number of aliphatic hydroxyl groups is 1. The summed E-state index contributed by atoms with van der Waals surface area (Å²) in [7, 11) is 3.23. The maximum absolute atomic E-state index is 11.4. The zero-order valence-corrected chi connectivity index (χ0v) is 14.7. The fourth-order valence-corrected chi connectivity index (χ4v) is 2.91. The van der Waals surface area contributed by atoms with Crippen molar-refractivity contribution in [2.75, 3.05) is 20.7 Å². The summed E-state index contributed by atoms with van der Waals surface area (Å²) in [5, 5.41) is 9.74. The van der Waals surface area contributed by atoms with Crippen LogP contribution in [-0.4, -0.2) is 49.1 Å². The summed E-state index contributed by atoms with van der Waals surface area (Å²) in [5.74, 6) is 0.486. The van der Waals surface area contributed by atoms with Crippen molar-refractivity contribution in [2.24, 2.45) is 4.99 Å². The molecule has 0 fully saturated rings. The van der Waals surface area contributed by atoms with Crippen LogP contribution in [-0.2, 0) is 22.4 Å². The highest BCUT2D eigenvalue weighted by molar-refractivity contribution is 5.97. The molecule has 1 aromatic carbocycles. The van der Waals surface area contributed by atoms with Crippen molar-refractivity contribution in [3.05, 3.63) is 41.0 Å². The topological polar surface area (TPSA) is 62.1 Å². The van der Waals surface area contributed by atoms with Crippen LogP contribution in [0.5, 0.6) is 0 Å². The van der Waals surface area contributed by atoms with Crippen LogP contribution in [0, 0.1) is 0 Å². The Morgan fingerprint density at radius 3 is 2.92 bits per heavy atom. The van der Waals surface area contributed by atoms with E-state index >= 15 is 0 Å². The second-order valence-electron chi connectivity index (χ2n) is 5.94. The van der Waals surface area contributed by atoms with Gasteiger partial charge in [-0.2, -0.15) is 0 Å². The van der Waals surface area contributed by atoms with E-state index in [1.807, 2.05) is 13.0 Å². The minimum Gasteiger partial charge on any atom is -0.481 e. The van der Waals surface area contributed by atoms with Gasteiger partial charge in [0.15, 0.2) is 0 Å². The van der Waals surface area contributed by atoms with Crippen molar-refractivity contribution in [3.63, 3.8) is 0 Å². The molecule has 1 unspecified atom stereocenters. The number of nitrogens with zero attached hydrogens (tertiary/aromatic N) is 2. The molecule has 1 atom stereocenters. The second-order valence-corrected chi connectivity index (χ2v) is 5.94. The van der Waals surface area contributed by atoms with Crippen molar-refractivity contribution >= 4 is 18.0 Å². The predicted molar refractivity (Wildman–Crippen MR) is 95.9 cm³/mol. The summed E-state index contributed by atoms with van der Waals surface area (Å²) in [4.78, 5) is 17.1. The Labute approximate surface area is 143 Å². The Morgan fingerprint density at radius 1 is 1.50 bits per heavy atom. The Kier molecular flexibility index (Phi) is 6.55. The van der Waals surface area contributed by atoms with Crippen molar-refractivity contribution in [1.29, 1.82) is 0 Å². The smallest absolute Gasteiger partial charge is 0.214 e. The lowest BCUT2D eigenvalue weighted by atomic mass is 9.92. The minimum atomic E-state index is -0.243. The zero-order valence-electron chi connectivity index (χ0n) is 14.7. The van der Waals surface area contributed by atoms with Gasteiger partial charge in [-0.3, -0.25) is 9.79 Å². The van der Waals surface area contributed by atoms with E-state index in [9.17, 15) is 9.90 Å². The van der Waals surface area contributed by atoms with Gasteiger partial charge in [0.2, 0.25) is 12.3 Å². The van der Waals surface area contributed by atoms with Crippen LogP contribution in [0.15, 0.2) is 29.3 Å². The van der Waals surface area contributed by atoms with Gasteiger partial charge in [-0.25, -0.2) is 0 Å². The number of rotatable bonds is 6. The number of fused-ring (bicyclic) bond motifs is 1. The summed E-state index contributed by atoms with van der Waals surface area (Å²) in [6.45, 7) is 2.63. The molecule has 1 amide bonds. The number of carbonyl (C=O) groups excluding carboxylic acids is 1. The first kappa shape index (κ1) is 18.2. The van der Waals surface area contributed by atoms with Gasteiger partial charge in [-0.15, -0.1) is 0 Å². The molecular formula is C19H26N2O3. The van der Waals surface area contributed by atoms with Gasteiger partial charge >= 0.3 is 0 Å². The lowest BCUT2D eigenvalue weighted by Crippen LogP contribution is -2.29. The van der Waals surface area contributed by atoms with Crippen molar-refractivity contribution < 1.29 is 14.6 Å². The summed E-state index contributed by atoms with van der Waals surface area (Å²) in [5.41, 5.74) is 4.28. The standard InChI is InChI=1S/C19H26N2O3/c1-4-16(23)7-5-14-6-8-17-15(11-14)9-10-21(13-22)18(17)12-19(20-2)24-3/h6,8,11-13,16,23H,4-5,7,9-10H2,1-3H3/b18-12-,20-19+. The number of aryl methyl sites for hydroxylation is 1. The highest BCUT2D eigenvalue weighted by Crippen LogP contribution is 2.29. The summed E-state index contributed by atoms with van der Waals surface area (Å²) in [6, 6.07) is 6.30. The van der Waals surface area contributed by atoms with Gasteiger partial charge < -0.3 is 14.7 Å². The van der Waals surface area contributed by atoms with Gasteiger partial charge in [-0.05, 0) is 36.8 Å². The molecule has 1 aliphatic rings. The van der Waals surface area contributed by atoms with Crippen LogP contribution in [0.1, 0.15) is 36.5 Å². The SMILES string of the molecule is CCC(O)CCc1ccc2c(c1)CCN(C=O)/C2=C\C(=N/C)OC. The zero-order chi connectivity index (χ0) is 17.5. The first-order valence-corrected chi connectivity index (χ1v) is 8.37. The third kappa shape index (κ3) is 4.23. The quantitative estimate of drug-likeness (QED) is 0.495. The molecule has 1 N–H and O–H groups in total. The Balaban J connectivity index is 2.31. The average molecular weight is 330 g/mol. The summed E-state index contributed by atoms with van der Waals surface area (Å²) < 4.78 is 5.21. The largest absolute Gasteiger partial charge is 0.481 e. The maximum Gasteiger partial charge on any atom is 0.214 e. The van der Waals surface area contributed by atoms with Crippen LogP contribution in [0.2, 0.25) is 0 Å². The fourth-order valence-electron chi connectivity index (χ4n) is 2.91. The van der Waals surface area contributed by atoms with E-state index < -0.39 is 0 Å². The highest BCUT2D eigenvalue weighted by Gasteiger charge is 2.21. The Bertz CT molecular complexity index is 637. The molecule has 1 heterocycles. The van der Waals surface area contributed by atoms with Gasteiger partial charge in [-0.1, -0.05) is 25.1 Å². The lowest BCUT2D eigenvalue weighted by Gasteiger charge is -2.29. The summed E-state index contributed by atoms with van der Waals surface area (Å²) >= 11 is 0. The van der Waals surface area contributed by atoms with Crippen LogP contribution in [0.4, 0.5) is 0 Å². The molecule has 130 valence electrons. The number of ether oxygens (including phenoxy) is 1. The third-order valence-corrected chi connectivity index (χ3v) is 4.43. The number of methoxy groups -OCH3 is 1. The first-order chi connectivity index (χ1) is 11.6. The van der Waals surface area contributed by atoms with Crippen LogP contribution >= 0.6 is 0 Å². The molecule has 0 radical (unpaired) electrons. The maximum atomic E-state index is 11.4. The number of carbonyl (C=O) groups is 1. The molecule has 5 nitrogen and oxygen atoms in total. The molecule has 0 saturated carbocycles. The van der Waals surface area contributed by atoms with Gasteiger partial charge in [0.25, 0.3) is 0 Å².